The van der Waals surface area contributed by atoms with Gasteiger partial charge in [-0.3, -0.25) is 9.89 Å². The van der Waals surface area contributed by atoms with E-state index in [1.165, 1.54) is 11.3 Å². The van der Waals surface area contributed by atoms with Crippen molar-refractivity contribution in [3.05, 3.63) is 64.7 Å². The van der Waals surface area contributed by atoms with E-state index >= 15 is 0 Å². The molecule has 1 amide bonds. The smallest absolute Gasteiger partial charge is 0.253 e. The van der Waals surface area contributed by atoms with Crippen LogP contribution in [-0.4, -0.2) is 43.9 Å². The van der Waals surface area contributed by atoms with Crippen molar-refractivity contribution in [1.29, 1.82) is 0 Å². The number of fused-ring (bicyclic) bond motifs is 2. The average Bonchev–Trinajstić information content (AvgIpc) is 3.39. The van der Waals surface area contributed by atoms with E-state index in [-0.39, 0.29) is 11.3 Å². The van der Waals surface area contributed by atoms with E-state index < -0.39 is 0 Å². The van der Waals surface area contributed by atoms with E-state index in [0.29, 0.717) is 0 Å². The summed E-state index contributed by atoms with van der Waals surface area (Å²) in [4.78, 5) is 15.4. The number of hydrogen-bond donors (Lipinski definition) is 1. The molecule has 1 aliphatic heterocycles. The van der Waals surface area contributed by atoms with Crippen molar-refractivity contribution in [3.8, 4) is 5.69 Å². The van der Waals surface area contributed by atoms with Gasteiger partial charge < -0.3 is 4.90 Å². The second kappa shape index (κ2) is 6.33. The maximum Gasteiger partial charge on any atom is 0.253 e. The molecule has 3 aromatic rings. The SMILES string of the molecule is Cc1cc(C)n(-c2cccc(C(=O)N3CCCC4(CCc5cn[nH]c54)C3)c2)n1. The molecule has 3 heterocycles. The van der Waals surface area contributed by atoms with Gasteiger partial charge in [0.2, 0.25) is 0 Å². The molecule has 28 heavy (non-hydrogen) atoms. The van der Waals surface area contributed by atoms with E-state index in [0.717, 1.165) is 61.4 Å². The Labute approximate surface area is 164 Å². The third-order valence-corrected chi connectivity index (χ3v) is 6.33. The van der Waals surface area contributed by atoms with Crippen LogP contribution in [0.5, 0.6) is 0 Å². The van der Waals surface area contributed by atoms with Gasteiger partial charge in [-0.2, -0.15) is 10.2 Å². The second-order valence-corrected chi connectivity index (χ2v) is 8.27. The quantitative estimate of drug-likeness (QED) is 0.747. The minimum Gasteiger partial charge on any atom is -0.338 e. The van der Waals surface area contributed by atoms with E-state index in [1.807, 2.05) is 60.0 Å². The molecule has 6 nitrogen and oxygen atoms in total. The standard InChI is InChI=1S/C22H25N5O/c1-15-11-16(2)27(25-15)19-6-3-5-17(12-19)21(28)26-10-4-8-22(14-26)9-7-18-13-23-24-20(18)22/h3,5-6,11-13H,4,7-10,14H2,1-2H3,(H,23,24). The van der Waals surface area contributed by atoms with Crippen molar-refractivity contribution >= 4 is 5.91 Å². The van der Waals surface area contributed by atoms with Crippen LogP contribution in [0.1, 0.15) is 52.3 Å². The molecular weight excluding hydrogens is 350 g/mol. The molecule has 1 fully saturated rings. The molecule has 2 aromatic heterocycles. The number of nitrogens with zero attached hydrogens (tertiary/aromatic N) is 4. The summed E-state index contributed by atoms with van der Waals surface area (Å²) in [6.07, 6.45) is 6.26. The maximum atomic E-state index is 13.3. The summed E-state index contributed by atoms with van der Waals surface area (Å²) in [6, 6.07) is 9.86. The zero-order valence-corrected chi connectivity index (χ0v) is 16.4. The summed E-state index contributed by atoms with van der Waals surface area (Å²) in [5.74, 6) is 0.107. The number of benzene rings is 1. The van der Waals surface area contributed by atoms with Gasteiger partial charge in [-0.1, -0.05) is 6.07 Å². The first-order valence-corrected chi connectivity index (χ1v) is 10.0. The number of piperidine rings is 1. The molecule has 1 aliphatic carbocycles. The molecule has 6 heteroatoms. The molecular formula is C22H25N5O. The summed E-state index contributed by atoms with van der Waals surface area (Å²) in [5.41, 5.74) is 6.32. The largest absolute Gasteiger partial charge is 0.338 e. The monoisotopic (exact) mass is 375 g/mol. The number of aromatic amines is 1. The molecule has 0 saturated carbocycles. The Kier molecular flexibility index (Phi) is 3.89. The molecule has 0 bridgehead atoms. The van der Waals surface area contributed by atoms with Crippen LogP contribution >= 0.6 is 0 Å². The fourth-order valence-corrected chi connectivity index (χ4v) is 5.02. The first kappa shape index (κ1) is 17.2. The average molecular weight is 375 g/mol. The summed E-state index contributed by atoms with van der Waals surface area (Å²) < 4.78 is 1.90. The van der Waals surface area contributed by atoms with Crippen molar-refractivity contribution in [2.45, 2.75) is 44.9 Å². The summed E-state index contributed by atoms with van der Waals surface area (Å²) >= 11 is 0. The molecule has 1 spiro atoms. The second-order valence-electron chi connectivity index (χ2n) is 8.27. The number of aromatic nitrogens is 4. The Morgan fingerprint density at radius 1 is 1.21 bits per heavy atom. The number of carbonyl (C=O) groups is 1. The minimum atomic E-state index is 0.0486. The first-order chi connectivity index (χ1) is 13.6. The highest BCUT2D eigenvalue weighted by Crippen LogP contribution is 2.44. The topological polar surface area (TPSA) is 66.8 Å². The van der Waals surface area contributed by atoms with Crippen LogP contribution in [0.3, 0.4) is 0 Å². The molecule has 1 unspecified atom stereocenters. The van der Waals surface area contributed by atoms with Gasteiger partial charge in [0, 0.05) is 35.5 Å². The molecule has 5 rings (SSSR count). The number of amides is 1. The molecule has 1 N–H and O–H groups in total. The zero-order valence-electron chi connectivity index (χ0n) is 16.4. The third-order valence-electron chi connectivity index (χ3n) is 6.33. The van der Waals surface area contributed by atoms with Crippen molar-refractivity contribution in [2.24, 2.45) is 0 Å². The highest BCUT2D eigenvalue weighted by Gasteiger charge is 2.44. The van der Waals surface area contributed by atoms with Gasteiger partial charge in [0.1, 0.15) is 0 Å². The summed E-state index contributed by atoms with van der Waals surface area (Å²) in [5, 5.41) is 12.0. The normalized spacial score (nSPS) is 21.3. The highest BCUT2D eigenvalue weighted by atomic mass is 16.2. The van der Waals surface area contributed by atoms with Crippen LogP contribution in [0, 0.1) is 13.8 Å². The van der Waals surface area contributed by atoms with Gasteiger partial charge in [0.05, 0.1) is 17.6 Å². The Balaban J connectivity index is 1.43. The Morgan fingerprint density at radius 3 is 2.93 bits per heavy atom. The molecule has 0 radical (unpaired) electrons. The third kappa shape index (κ3) is 2.66. The first-order valence-electron chi connectivity index (χ1n) is 10.0. The number of rotatable bonds is 2. The van der Waals surface area contributed by atoms with Crippen LogP contribution < -0.4 is 0 Å². The fraction of sp³-hybridized carbons (Fsp3) is 0.409. The van der Waals surface area contributed by atoms with Gasteiger partial charge in [-0.05, 0) is 69.4 Å². The van der Waals surface area contributed by atoms with Gasteiger partial charge >= 0.3 is 0 Å². The predicted octanol–water partition coefficient (Wildman–Crippen LogP) is 3.33. The molecule has 2 aliphatic rings. The van der Waals surface area contributed by atoms with Crippen LogP contribution in [0.4, 0.5) is 0 Å². The number of nitrogens with one attached hydrogen (secondary N) is 1. The van der Waals surface area contributed by atoms with E-state index in [1.54, 1.807) is 0 Å². The van der Waals surface area contributed by atoms with Gasteiger partial charge in [0.15, 0.2) is 0 Å². The predicted molar refractivity (Wildman–Crippen MR) is 107 cm³/mol. The van der Waals surface area contributed by atoms with Crippen LogP contribution in [0.15, 0.2) is 36.5 Å². The highest BCUT2D eigenvalue weighted by molar-refractivity contribution is 5.95. The van der Waals surface area contributed by atoms with Crippen LogP contribution in [-0.2, 0) is 11.8 Å². The summed E-state index contributed by atoms with van der Waals surface area (Å²) in [6.45, 7) is 5.60. The van der Waals surface area contributed by atoms with E-state index in [4.69, 9.17) is 0 Å². The van der Waals surface area contributed by atoms with Crippen LogP contribution in [0.25, 0.3) is 5.69 Å². The maximum absolute atomic E-state index is 13.3. The van der Waals surface area contributed by atoms with Crippen molar-refractivity contribution in [3.63, 3.8) is 0 Å². The van der Waals surface area contributed by atoms with E-state index in [2.05, 4.69) is 15.3 Å². The number of carbonyl (C=O) groups excluding carboxylic acids is 1. The molecule has 1 aromatic carbocycles. The lowest BCUT2D eigenvalue weighted by Crippen LogP contribution is -2.47. The number of aryl methyl sites for hydroxylation is 3. The minimum absolute atomic E-state index is 0.0486. The lowest BCUT2D eigenvalue weighted by atomic mass is 9.77. The number of likely N-dealkylation sites (tertiary alicyclic amines) is 1. The van der Waals surface area contributed by atoms with Gasteiger partial charge in [-0.25, -0.2) is 4.68 Å². The van der Waals surface area contributed by atoms with Gasteiger partial charge in [-0.15, -0.1) is 0 Å². The Morgan fingerprint density at radius 2 is 2.11 bits per heavy atom. The van der Waals surface area contributed by atoms with Crippen molar-refractivity contribution in [1.82, 2.24) is 24.9 Å². The Hall–Kier alpha value is -2.89. The number of H-pyrrole nitrogens is 1. The van der Waals surface area contributed by atoms with Crippen molar-refractivity contribution in [2.75, 3.05) is 13.1 Å². The lowest BCUT2D eigenvalue weighted by Gasteiger charge is -2.40. The number of hydrogen-bond acceptors (Lipinski definition) is 3. The molecule has 144 valence electrons. The van der Waals surface area contributed by atoms with E-state index in [9.17, 15) is 4.79 Å². The summed E-state index contributed by atoms with van der Waals surface area (Å²) in [7, 11) is 0. The molecule has 1 saturated heterocycles. The molecule has 1 atom stereocenters. The zero-order chi connectivity index (χ0) is 19.3. The van der Waals surface area contributed by atoms with Crippen LogP contribution in [0.2, 0.25) is 0 Å². The fourth-order valence-electron chi connectivity index (χ4n) is 5.02. The lowest BCUT2D eigenvalue weighted by molar-refractivity contribution is 0.0633. The van der Waals surface area contributed by atoms with Gasteiger partial charge in [0.25, 0.3) is 5.91 Å². The van der Waals surface area contributed by atoms with Crippen molar-refractivity contribution < 1.29 is 4.79 Å². The Bertz CT molecular complexity index is 1050.